The normalized spacial score (nSPS) is 13.4. The van der Waals surface area contributed by atoms with Crippen molar-refractivity contribution >= 4 is 34.3 Å². The molecule has 104 valence electrons. The second kappa shape index (κ2) is 6.31. The van der Waals surface area contributed by atoms with Crippen LogP contribution in [-0.4, -0.2) is 16.0 Å². The van der Waals surface area contributed by atoms with E-state index in [0.29, 0.717) is 16.3 Å². The summed E-state index contributed by atoms with van der Waals surface area (Å²) < 4.78 is 0.714. The van der Waals surface area contributed by atoms with Crippen LogP contribution in [0.2, 0.25) is 4.34 Å². The van der Waals surface area contributed by atoms with Gasteiger partial charge in [0.2, 0.25) is 0 Å². The molecule has 2 aromatic heterocycles. The van der Waals surface area contributed by atoms with Crippen LogP contribution in [-0.2, 0) is 0 Å². The van der Waals surface area contributed by atoms with Crippen LogP contribution in [0.4, 0.5) is 0 Å². The Morgan fingerprint density at radius 3 is 2.42 bits per heavy atom. The standard InChI is InChI=1S/C13H18ClN3S2/c1-7(2)9-6-18-13(17-9)11(16-8(3)4)12-15-5-10(14)19-12/h5-8,11,16H,1-4H3. The zero-order valence-corrected chi connectivity index (χ0v) is 13.9. The summed E-state index contributed by atoms with van der Waals surface area (Å²) in [4.78, 5) is 9.12. The van der Waals surface area contributed by atoms with E-state index in [2.05, 4.69) is 43.4 Å². The second-order valence-corrected chi connectivity index (χ2v) is 7.61. The van der Waals surface area contributed by atoms with Gasteiger partial charge in [-0.2, -0.15) is 0 Å². The third-order valence-corrected chi connectivity index (χ3v) is 4.73. The third-order valence-electron chi connectivity index (χ3n) is 2.62. The molecule has 0 aromatic carbocycles. The van der Waals surface area contributed by atoms with Gasteiger partial charge in [-0.25, -0.2) is 9.97 Å². The highest BCUT2D eigenvalue weighted by molar-refractivity contribution is 7.16. The topological polar surface area (TPSA) is 37.8 Å². The van der Waals surface area contributed by atoms with Crippen LogP contribution in [0, 0.1) is 0 Å². The maximum Gasteiger partial charge on any atom is 0.118 e. The van der Waals surface area contributed by atoms with Crippen LogP contribution in [0.3, 0.4) is 0 Å². The molecule has 2 aromatic rings. The molecule has 1 N–H and O–H groups in total. The van der Waals surface area contributed by atoms with E-state index in [-0.39, 0.29) is 6.04 Å². The van der Waals surface area contributed by atoms with Crippen molar-refractivity contribution in [2.45, 2.75) is 45.7 Å². The van der Waals surface area contributed by atoms with Gasteiger partial charge in [0.05, 0.1) is 11.9 Å². The molecule has 0 amide bonds. The Kier molecular flexibility index (Phi) is 4.95. The average Bonchev–Trinajstić information content (AvgIpc) is 2.94. The quantitative estimate of drug-likeness (QED) is 0.885. The summed E-state index contributed by atoms with van der Waals surface area (Å²) in [6.45, 7) is 8.56. The Bertz CT molecular complexity index is 533. The highest BCUT2D eigenvalue weighted by Crippen LogP contribution is 2.31. The smallest absolute Gasteiger partial charge is 0.118 e. The Morgan fingerprint density at radius 1 is 1.21 bits per heavy atom. The van der Waals surface area contributed by atoms with Gasteiger partial charge in [0, 0.05) is 11.4 Å². The number of aromatic nitrogens is 2. The van der Waals surface area contributed by atoms with Gasteiger partial charge in [-0.3, -0.25) is 0 Å². The van der Waals surface area contributed by atoms with Crippen LogP contribution in [0.1, 0.15) is 55.4 Å². The SMILES string of the molecule is CC(C)NC(c1nc(C(C)C)cs1)c1ncc(Cl)s1. The van der Waals surface area contributed by atoms with Gasteiger partial charge < -0.3 is 5.32 Å². The fourth-order valence-corrected chi connectivity index (χ4v) is 3.79. The lowest BCUT2D eigenvalue weighted by molar-refractivity contribution is 0.524. The first-order valence-corrected chi connectivity index (χ1v) is 8.37. The molecular weight excluding hydrogens is 298 g/mol. The van der Waals surface area contributed by atoms with Crippen LogP contribution >= 0.6 is 34.3 Å². The molecule has 0 saturated heterocycles. The molecule has 6 heteroatoms. The van der Waals surface area contributed by atoms with Crippen molar-refractivity contribution in [3.05, 3.63) is 31.6 Å². The molecule has 1 atom stereocenters. The molecule has 1 unspecified atom stereocenters. The minimum atomic E-state index is 0.0370. The molecule has 0 bridgehead atoms. The summed E-state index contributed by atoms with van der Waals surface area (Å²) in [5, 5.41) is 7.68. The zero-order valence-electron chi connectivity index (χ0n) is 11.5. The number of thiazole rings is 2. The van der Waals surface area contributed by atoms with Crippen molar-refractivity contribution < 1.29 is 0 Å². The van der Waals surface area contributed by atoms with E-state index < -0.39 is 0 Å². The van der Waals surface area contributed by atoms with E-state index in [1.165, 1.54) is 11.3 Å². The zero-order chi connectivity index (χ0) is 14.0. The summed E-state index contributed by atoms with van der Waals surface area (Å²) in [5.41, 5.74) is 1.14. The maximum atomic E-state index is 6.00. The minimum Gasteiger partial charge on any atom is -0.300 e. The lowest BCUT2D eigenvalue weighted by Gasteiger charge is -2.17. The predicted octanol–water partition coefficient (Wildman–Crippen LogP) is 4.46. The van der Waals surface area contributed by atoms with E-state index in [4.69, 9.17) is 16.6 Å². The fourth-order valence-electron chi connectivity index (χ4n) is 1.68. The van der Waals surface area contributed by atoms with E-state index in [9.17, 15) is 0 Å². The highest BCUT2D eigenvalue weighted by atomic mass is 35.5. The van der Waals surface area contributed by atoms with Gasteiger partial charge in [0.15, 0.2) is 0 Å². The number of halogens is 1. The number of nitrogens with zero attached hydrogens (tertiary/aromatic N) is 2. The molecule has 3 nitrogen and oxygen atoms in total. The molecule has 0 fully saturated rings. The average molecular weight is 316 g/mol. The first kappa shape index (κ1) is 14.9. The molecule has 2 heterocycles. The van der Waals surface area contributed by atoms with Crippen molar-refractivity contribution in [1.29, 1.82) is 0 Å². The molecule has 19 heavy (non-hydrogen) atoms. The van der Waals surface area contributed by atoms with Crippen LogP contribution in [0.25, 0.3) is 0 Å². The van der Waals surface area contributed by atoms with Crippen molar-refractivity contribution in [3.63, 3.8) is 0 Å². The van der Waals surface area contributed by atoms with Crippen LogP contribution < -0.4 is 5.32 Å². The molecule has 2 rings (SSSR count). The Labute approximate surface area is 127 Å². The van der Waals surface area contributed by atoms with Crippen LogP contribution in [0.15, 0.2) is 11.6 Å². The fraction of sp³-hybridized carbons (Fsp3) is 0.538. The van der Waals surface area contributed by atoms with Gasteiger partial charge in [0.1, 0.15) is 20.4 Å². The monoisotopic (exact) mass is 315 g/mol. The van der Waals surface area contributed by atoms with Crippen molar-refractivity contribution in [3.8, 4) is 0 Å². The Morgan fingerprint density at radius 2 is 1.95 bits per heavy atom. The van der Waals surface area contributed by atoms with Crippen molar-refractivity contribution in [2.24, 2.45) is 0 Å². The second-order valence-electron chi connectivity index (χ2n) is 5.02. The number of nitrogens with one attached hydrogen (secondary N) is 1. The summed E-state index contributed by atoms with van der Waals surface area (Å²) >= 11 is 9.19. The molecular formula is C13H18ClN3S2. The molecule has 0 saturated carbocycles. The minimum absolute atomic E-state index is 0.0370. The Balaban J connectivity index is 2.31. The largest absolute Gasteiger partial charge is 0.300 e. The van der Waals surface area contributed by atoms with Gasteiger partial charge in [0.25, 0.3) is 0 Å². The Hall–Kier alpha value is -0.490. The summed E-state index contributed by atoms with van der Waals surface area (Å²) in [6, 6.07) is 0.397. The van der Waals surface area contributed by atoms with Crippen molar-refractivity contribution in [2.75, 3.05) is 0 Å². The molecule has 0 radical (unpaired) electrons. The van der Waals surface area contributed by atoms with Gasteiger partial charge in [-0.1, -0.05) is 25.4 Å². The highest BCUT2D eigenvalue weighted by Gasteiger charge is 2.22. The summed E-state index contributed by atoms with van der Waals surface area (Å²) in [7, 11) is 0. The van der Waals surface area contributed by atoms with E-state index in [1.807, 2.05) is 0 Å². The van der Waals surface area contributed by atoms with E-state index >= 15 is 0 Å². The first-order chi connectivity index (χ1) is 8.97. The molecule has 0 spiro atoms. The first-order valence-electron chi connectivity index (χ1n) is 6.30. The summed E-state index contributed by atoms with van der Waals surface area (Å²) in [5.74, 6) is 0.449. The van der Waals surface area contributed by atoms with Crippen molar-refractivity contribution in [1.82, 2.24) is 15.3 Å². The molecule has 0 aliphatic carbocycles. The lowest BCUT2D eigenvalue weighted by Crippen LogP contribution is -2.28. The summed E-state index contributed by atoms with van der Waals surface area (Å²) in [6.07, 6.45) is 1.70. The van der Waals surface area contributed by atoms with Gasteiger partial charge in [-0.15, -0.1) is 22.7 Å². The molecule has 0 aliphatic rings. The van der Waals surface area contributed by atoms with E-state index in [0.717, 1.165) is 15.7 Å². The lowest BCUT2D eigenvalue weighted by atomic mass is 10.2. The maximum absolute atomic E-state index is 6.00. The van der Waals surface area contributed by atoms with Gasteiger partial charge in [-0.05, 0) is 19.8 Å². The number of hydrogen-bond donors (Lipinski definition) is 1. The third kappa shape index (κ3) is 3.75. The molecule has 0 aliphatic heterocycles. The van der Waals surface area contributed by atoms with E-state index in [1.54, 1.807) is 17.5 Å². The van der Waals surface area contributed by atoms with Crippen LogP contribution in [0.5, 0.6) is 0 Å². The van der Waals surface area contributed by atoms with Gasteiger partial charge >= 0.3 is 0 Å². The number of rotatable bonds is 5. The predicted molar refractivity (Wildman–Crippen MR) is 83.4 cm³/mol. The number of hydrogen-bond acceptors (Lipinski definition) is 5.